The zero-order valence-electron chi connectivity index (χ0n) is 12.3. The molecule has 1 aromatic carbocycles. The maximum atomic E-state index is 13.0. The third-order valence-corrected chi connectivity index (χ3v) is 4.03. The van der Waals surface area contributed by atoms with E-state index in [-0.39, 0.29) is 16.8 Å². The highest BCUT2D eigenvalue weighted by atomic mass is 19.1. The molecule has 0 fully saturated rings. The van der Waals surface area contributed by atoms with Crippen LogP contribution in [0.3, 0.4) is 0 Å². The maximum Gasteiger partial charge on any atom is 0.216 e. The van der Waals surface area contributed by atoms with E-state index in [0.717, 1.165) is 5.56 Å². The molecular weight excluding hydrogens is 241 g/mol. The second-order valence-electron chi connectivity index (χ2n) is 6.52. The zero-order valence-corrected chi connectivity index (χ0v) is 12.3. The van der Waals surface area contributed by atoms with Crippen molar-refractivity contribution in [2.24, 2.45) is 16.3 Å². The molecule has 19 heavy (non-hydrogen) atoms. The third-order valence-electron chi connectivity index (χ3n) is 4.03. The summed E-state index contributed by atoms with van der Waals surface area (Å²) in [5, 5.41) is 0. The number of halogens is 1. The molecule has 0 spiro atoms. The molecule has 0 saturated heterocycles. The highest BCUT2D eigenvalue weighted by Gasteiger charge is 2.50. The van der Waals surface area contributed by atoms with Gasteiger partial charge in [0.15, 0.2) is 0 Å². The summed E-state index contributed by atoms with van der Waals surface area (Å²) in [6.07, 6.45) is 0. The monoisotopic (exact) mass is 263 g/mol. The molecule has 2 rings (SSSR count). The Hall–Kier alpha value is -1.38. The molecule has 1 unspecified atom stereocenters. The van der Waals surface area contributed by atoms with Crippen molar-refractivity contribution in [1.82, 2.24) is 0 Å². The molecule has 1 aromatic rings. The van der Waals surface area contributed by atoms with Crippen molar-refractivity contribution >= 4 is 5.90 Å². The SMILES string of the molecule is CC(C)C1(C(C)(C)C)CN=C(c2ccc(F)cc2)O1. The number of nitrogens with zero attached hydrogens (tertiary/aromatic N) is 1. The largest absolute Gasteiger partial charge is 0.468 e. The van der Waals surface area contributed by atoms with Gasteiger partial charge in [-0.3, -0.25) is 0 Å². The lowest BCUT2D eigenvalue weighted by Crippen LogP contribution is -2.50. The first kappa shape index (κ1) is 14.0. The molecule has 2 nitrogen and oxygen atoms in total. The van der Waals surface area contributed by atoms with Gasteiger partial charge in [-0.15, -0.1) is 0 Å². The molecule has 1 aliphatic rings. The molecule has 0 bridgehead atoms. The highest BCUT2D eigenvalue weighted by molar-refractivity contribution is 5.95. The Morgan fingerprint density at radius 1 is 1.21 bits per heavy atom. The van der Waals surface area contributed by atoms with Gasteiger partial charge in [-0.2, -0.15) is 0 Å². The Bertz CT molecular complexity index is 484. The van der Waals surface area contributed by atoms with Crippen LogP contribution in [0.2, 0.25) is 0 Å². The van der Waals surface area contributed by atoms with Crippen LogP contribution < -0.4 is 0 Å². The van der Waals surface area contributed by atoms with Crippen molar-refractivity contribution in [3.63, 3.8) is 0 Å². The van der Waals surface area contributed by atoms with Crippen LogP contribution in [0.5, 0.6) is 0 Å². The van der Waals surface area contributed by atoms with Crippen LogP contribution in [0.25, 0.3) is 0 Å². The molecule has 3 heteroatoms. The fourth-order valence-corrected chi connectivity index (χ4v) is 2.73. The topological polar surface area (TPSA) is 21.6 Å². The van der Waals surface area contributed by atoms with Gasteiger partial charge in [-0.1, -0.05) is 34.6 Å². The third kappa shape index (κ3) is 2.38. The summed E-state index contributed by atoms with van der Waals surface area (Å²) >= 11 is 0. The van der Waals surface area contributed by atoms with Crippen LogP contribution >= 0.6 is 0 Å². The predicted molar refractivity (Wildman–Crippen MR) is 75.9 cm³/mol. The minimum atomic E-state index is -0.295. The number of hydrogen-bond donors (Lipinski definition) is 0. The van der Waals surface area contributed by atoms with Gasteiger partial charge in [-0.05, 0) is 30.2 Å². The first-order valence-corrected chi connectivity index (χ1v) is 6.76. The molecule has 0 N–H and O–H groups in total. The average molecular weight is 263 g/mol. The fraction of sp³-hybridized carbons (Fsp3) is 0.562. The van der Waals surface area contributed by atoms with Crippen LogP contribution in [-0.2, 0) is 4.74 Å². The van der Waals surface area contributed by atoms with Gasteiger partial charge in [0.25, 0.3) is 0 Å². The van der Waals surface area contributed by atoms with E-state index < -0.39 is 0 Å². The predicted octanol–water partition coefficient (Wildman–Crippen LogP) is 4.04. The Kier molecular flexibility index (Phi) is 3.41. The van der Waals surface area contributed by atoms with Crippen LogP contribution in [0, 0.1) is 17.2 Å². The molecule has 104 valence electrons. The number of aliphatic imine (C=N–C) groups is 1. The zero-order chi connectivity index (χ0) is 14.3. The van der Waals surface area contributed by atoms with E-state index in [9.17, 15) is 4.39 Å². The number of ether oxygens (including phenoxy) is 1. The fourth-order valence-electron chi connectivity index (χ4n) is 2.73. The molecule has 0 aromatic heterocycles. The van der Waals surface area contributed by atoms with Crippen LogP contribution in [0.1, 0.15) is 40.2 Å². The Labute approximate surface area is 114 Å². The van der Waals surface area contributed by atoms with E-state index in [1.807, 2.05) is 0 Å². The van der Waals surface area contributed by atoms with E-state index in [4.69, 9.17) is 4.74 Å². The van der Waals surface area contributed by atoms with Crippen LogP contribution in [-0.4, -0.2) is 18.0 Å². The van der Waals surface area contributed by atoms with Gasteiger partial charge in [-0.25, -0.2) is 9.38 Å². The Balaban J connectivity index is 2.28. The first-order chi connectivity index (χ1) is 8.76. The molecule has 1 aliphatic heterocycles. The second kappa shape index (κ2) is 4.62. The highest BCUT2D eigenvalue weighted by Crippen LogP contribution is 2.43. The number of rotatable bonds is 2. The summed E-state index contributed by atoms with van der Waals surface area (Å²) in [6.45, 7) is 11.5. The molecule has 0 aliphatic carbocycles. The summed E-state index contributed by atoms with van der Waals surface area (Å²) in [4.78, 5) is 4.55. The van der Waals surface area contributed by atoms with Gasteiger partial charge in [0.1, 0.15) is 11.4 Å². The van der Waals surface area contributed by atoms with Gasteiger partial charge in [0.05, 0.1) is 6.54 Å². The van der Waals surface area contributed by atoms with Gasteiger partial charge < -0.3 is 4.74 Å². The average Bonchev–Trinajstić information content (AvgIpc) is 2.75. The molecule has 1 heterocycles. The van der Waals surface area contributed by atoms with Crippen molar-refractivity contribution in [2.45, 2.75) is 40.2 Å². The first-order valence-electron chi connectivity index (χ1n) is 6.76. The smallest absolute Gasteiger partial charge is 0.216 e. The Morgan fingerprint density at radius 3 is 2.21 bits per heavy atom. The van der Waals surface area contributed by atoms with Crippen molar-refractivity contribution in [2.75, 3.05) is 6.54 Å². The van der Waals surface area contributed by atoms with Gasteiger partial charge >= 0.3 is 0 Å². The minimum absolute atomic E-state index is 0.00749. The van der Waals surface area contributed by atoms with Crippen molar-refractivity contribution < 1.29 is 9.13 Å². The van der Waals surface area contributed by atoms with E-state index in [2.05, 4.69) is 39.6 Å². The summed E-state index contributed by atoms with van der Waals surface area (Å²) in [7, 11) is 0. The van der Waals surface area contributed by atoms with E-state index >= 15 is 0 Å². The molecular formula is C16H22FNO. The number of benzene rings is 1. The van der Waals surface area contributed by atoms with E-state index in [0.29, 0.717) is 18.4 Å². The Morgan fingerprint density at radius 2 is 1.79 bits per heavy atom. The second-order valence-corrected chi connectivity index (χ2v) is 6.52. The van der Waals surface area contributed by atoms with E-state index in [1.165, 1.54) is 12.1 Å². The normalized spacial score (nSPS) is 23.4. The molecule has 0 saturated carbocycles. The summed E-state index contributed by atoms with van der Waals surface area (Å²) in [6, 6.07) is 6.31. The number of hydrogen-bond acceptors (Lipinski definition) is 2. The van der Waals surface area contributed by atoms with Gasteiger partial charge in [0, 0.05) is 11.0 Å². The molecule has 0 radical (unpaired) electrons. The maximum absolute atomic E-state index is 13.0. The van der Waals surface area contributed by atoms with Crippen LogP contribution in [0.4, 0.5) is 4.39 Å². The quantitative estimate of drug-likeness (QED) is 0.789. The van der Waals surface area contributed by atoms with Crippen LogP contribution in [0.15, 0.2) is 29.3 Å². The van der Waals surface area contributed by atoms with Crippen molar-refractivity contribution in [3.8, 4) is 0 Å². The summed E-state index contributed by atoms with van der Waals surface area (Å²) in [5.74, 6) is 0.742. The summed E-state index contributed by atoms with van der Waals surface area (Å²) in [5.41, 5.74) is 0.538. The minimum Gasteiger partial charge on any atom is -0.468 e. The molecule has 0 amide bonds. The van der Waals surface area contributed by atoms with Crippen molar-refractivity contribution in [1.29, 1.82) is 0 Å². The standard InChI is InChI=1S/C16H22FNO/c1-11(2)16(15(3,4)5)10-18-14(19-16)12-6-8-13(17)9-7-12/h6-9,11H,10H2,1-5H3. The lowest BCUT2D eigenvalue weighted by atomic mass is 9.70. The molecule has 1 atom stereocenters. The lowest BCUT2D eigenvalue weighted by molar-refractivity contribution is -0.0571. The lowest BCUT2D eigenvalue weighted by Gasteiger charge is -2.43. The van der Waals surface area contributed by atoms with Gasteiger partial charge in [0.2, 0.25) is 5.90 Å². The van der Waals surface area contributed by atoms with E-state index in [1.54, 1.807) is 12.1 Å². The summed E-state index contributed by atoms with van der Waals surface area (Å²) < 4.78 is 19.2. The van der Waals surface area contributed by atoms with Crippen molar-refractivity contribution in [3.05, 3.63) is 35.6 Å².